The van der Waals surface area contributed by atoms with Crippen LogP contribution in [0.15, 0.2) is 42.7 Å². The van der Waals surface area contributed by atoms with Gasteiger partial charge in [-0.2, -0.15) is 0 Å². The lowest BCUT2D eigenvalue weighted by atomic mass is 10.3. The Morgan fingerprint density at radius 3 is 2.42 bits per heavy atom. The van der Waals surface area contributed by atoms with E-state index in [1.54, 1.807) is 0 Å². The van der Waals surface area contributed by atoms with Crippen molar-refractivity contribution < 1.29 is 9.59 Å². The number of benzene rings is 1. The Morgan fingerprint density at radius 2 is 1.75 bits per heavy atom. The lowest BCUT2D eigenvalue weighted by Crippen LogP contribution is -2.45. The van der Waals surface area contributed by atoms with Gasteiger partial charge >= 0.3 is 0 Å². The van der Waals surface area contributed by atoms with E-state index in [4.69, 9.17) is 12.2 Å². The van der Waals surface area contributed by atoms with Crippen LogP contribution in [0.3, 0.4) is 0 Å². The Morgan fingerprint density at radius 1 is 1.08 bits per heavy atom. The topological polar surface area (TPSA) is 99.2 Å². The molecule has 124 valence electrons. The van der Waals surface area contributed by atoms with E-state index in [-0.39, 0.29) is 22.5 Å². The van der Waals surface area contributed by atoms with Crippen LogP contribution in [0.2, 0.25) is 0 Å². The highest BCUT2D eigenvalue weighted by atomic mass is 32.1. The quantitative estimate of drug-likeness (QED) is 0.572. The number of nitrogens with zero attached hydrogens (tertiary/aromatic N) is 3. The average molecular weight is 344 g/mol. The Kier molecular flexibility index (Phi) is 5.74. The number of hydrogen-bond acceptors (Lipinski definition) is 5. The van der Waals surface area contributed by atoms with Crippen LogP contribution in [-0.2, 0) is 4.79 Å². The molecule has 1 aromatic carbocycles. The van der Waals surface area contributed by atoms with Crippen molar-refractivity contribution in [2.45, 2.75) is 6.92 Å². The predicted octanol–water partition coefficient (Wildman–Crippen LogP) is 1.41. The fourth-order valence-corrected chi connectivity index (χ4v) is 2.05. The van der Waals surface area contributed by atoms with E-state index in [0.29, 0.717) is 0 Å². The summed E-state index contributed by atoms with van der Waals surface area (Å²) in [4.78, 5) is 31.6. The van der Waals surface area contributed by atoms with Gasteiger partial charge in [-0.05, 0) is 24.4 Å². The van der Waals surface area contributed by atoms with Crippen molar-refractivity contribution in [3.63, 3.8) is 0 Å². The van der Waals surface area contributed by atoms with E-state index in [1.165, 1.54) is 26.4 Å². The first kappa shape index (κ1) is 17.3. The molecule has 0 aliphatic carbocycles. The molecule has 8 nitrogen and oxygen atoms in total. The molecule has 1 heterocycles. The number of hydrogen-bond donors (Lipinski definition) is 3. The molecule has 2 aromatic rings. The van der Waals surface area contributed by atoms with Crippen molar-refractivity contribution in [3.8, 4) is 0 Å². The molecule has 0 unspecified atom stereocenters. The van der Waals surface area contributed by atoms with Crippen molar-refractivity contribution in [2.24, 2.45) is 0 Å². The monoisotopic (exact) mass is 344 g/mol. The summed E-state index contributed by atoms with van der Waals surface area (Å²) in [6.07, 6.45) is 2.75. The van der Waals surface area contributed by atoms with Crippen LogP contribution < -0.4 is 16.1 Å². The minimum Gasteiger partial charge on any atom is -0.331 e. The number of hydrazine groups is 1. The van der Waals surface area contributed by atoms with E-state index in [9.17, 15) is 9.59 Å². The molecule has 0 radical (unpaired) electrons. The first-order valence-electron chi connectivity index (χ1n) is 6.96. The summed E-state index contributed by atoms with van der Waals surface area (Å²) in [6, 6.07) is 9.29. The molecular weight excluding hydrogens is 328 g/mol. The van der Waals surface area contributed by atoms with Gasteiger partial charge in [0.1, 0.15) is 0 Å². The SMILES string of the molecule is CC(=O)Nc1nccnc1C(=O)N(C)NC(=S)Nc1ccccc1. The molecule has 0 saturated carbocycles. The van der Waals surface area contributed by atoms with Gasteiger partial charge < -0.3 is 10.6 Å². The maximum atomic E-state index is 12.5. The lowest BCUT2D eigenvalue weighted by molar-refractivity contribution is -0.114. The van der Waals surface area contributed by atoms with Gasteiger partial charge in [-0.3, -0.25) is 20.0 Å². The van der Waals surface area contributed by atoms with Crippen LogP contribution in [0.25, 0.3) is 0 Å². The van der Waals surface area contributed by atoms with Crippen molar-refractivity contribution >= 4 is 40.6 Å². The van der Waals surface area contributed by atoms with Gasteiger partial charge in [0.2, 0.25) is 5.91 Å². The summed E-state index contributed by atoms with van der Waals surface area (Å²) in [6.45, 7) is 1.32. The fourth-order valence-electron chi connectivity index (χ4n) is 1.80. The molecule has 3 N–H and O–H groups in total. The molecule has 0 fully saturated rings. The zero-order valence-corrected chi connectivity index (χ0v) is 13.9. The summed E-state index contributed by atoms with van der Waals surface area (Å²) < 4.78 is 0. The number of thiocarbonyl (C=S) groups is 1. The minimum absolute atomic E-state index is 0.00483. The van der Waals surface area contributed by atoms with Crippen LogP contribution in [0, 0.1) is 0 Å². The molecule has 0 saturated heterocycles. The number of rotatable bonds is 3. The lowest BCUT2D eigenvalue weighted by Gasteiger charge is -2.21. The second-order valence-corrected chi connectivity index (χ2v) is 5.14. The number of amides is 2. The van der Waals surface area contributed by atoms with E-state index in [0.717, 1.165) is 10.7 Å². The third kappa shape index (κ3) is 4.71. The van der Waals surface area contributed by atoms with Gasteiger partial charge in [0.25, 0.3) is 5.91 Å². The number of aromatic nitrogens is 2. The molecule has 9 heteroatoms. The molecular formula is C15H16N6O2S. The average Bonchev–Trinajstić information content (AvgIpc) is 2.55. The third-order valence-corrected chi connectivity index (χ3v) is 2.99. The van der Waals surface area contributed by atoms with Crippen molar-refractivity contribution in [2.75, 3.05) is 17.7 Å². The summed E-state index contributed by atoms with van der Waals surface area (Å²) in [5, 5.41) is 6.81. The second-order valence-electron chi connectivity index (χ2n) is 4.73. The Bertz CT molecular complexity index is 753. The highest BCUT2D eigenvalue weighted by Gasteiger charge is 2.19. The first-order chi connectivity index (χ1) is 11.5. The van der Waals surface area contributed by atoms with Crippen LogP contribution in [0.5, 0.6) is 0 Å². The van der Waals surface area contributed by atoms with Crippen LogP contribution in [0.4, 0.5) is 11.5 Å². The molecule has 0 aliphatic rings. The molecule has 2 amide bonds. The largest absolute Gasteiger partial charge is 0.331 e. The highest BCUT2D eigenvalue weighted by Crippen LogP contribution is 2.10. The summed E-state index contributed by atoms with van der Waals surface area (Å²) in [5.41, 5.74) is 3.52. The zero-order valence-electron chi connectivity index (χ0n) is 13.1. The van der Waals surface area contributed by atoms with Crippen molar-refractivity contribution in [1.82, 2.24) is 20.4 Å². The molecule has 0 atom stereocenters. The maximum absolute atomic E-state index is 12.5. The van der Waals surface area contributed by atoms with Gasteiger partial charge in [0.15, 0.2) is 16.6 Å². The summed E-state index contributed by atoms with van der Waals surface area (Å²) >= 11 is 5.16. The van der Waals surface area contributed by atoms with E-state index in [2.05, 4.69) is 26.0 Å². The zero-order chi connectivity index (χ0) is 17.5. The number of nitrogens with one attached hydrogen (secondary N) is 3. The van der Waals surface area contributed by atoms with Crippen LogP contribution in [0.1, 0.15) is 17.4 Å². The first-order valence-corrected chi connectivity index (χ1v) is 7.37. The second kappa shape index (κ2) is 7.97. The molecule has 0 spiro atoms. The number of anilines is 2. The number of para-hydroxylation sites is 1. The predicted molar refractivity (Wildman–Crippen MR) is 94.2 cm³/mol. The minimum atomic E-state index is -0.496. The molecule has 0 bridgehead atoms. The van der Waals surface area contributed by atoms with Crippen molar-refractivity contribution in [1.29, 1.82) is 0 Å². The smallest absolute Gasteiger partial charge is 0.294 e. The Balaban J connectivity index is 2.04. The highest BCUT2D eigenvalue weighted by molar-refractivity contribution is 7.80. The van der Waals surface area contributed by atoms with Gasteiger partial charge in [0, 0.05) is 32.1 Å². The standard InChI is InChI=1S/C15H16N6O2S/c1-10(22)18-13-12(16-8-9-17-13)14(23)21(2)20-15(24)19-11-6-4-3-5-7-11/h3-9H,1-2H3,(H,17,18,22)(H2,19,20,24). The Labute approximate surface area is 144 Å². The third-order valence-electron chi connectivity index (χ3n) is 2.80. The van der Waals surface area contributed by atoms with Gasteiger partial charge in [-0.25, -0.2) is 9.97 Å². The van der Waals surface area contributed by atoms with Crippen molar-refractivity contribution in [3.05, 3.63) is 48.4 Å². The Hall–Kier alpha value is -3.07. The van der Waals surface area contributed by atoms with Gasteiger partial charge in [-0.1, -0.05) is 18.2 Å². The van der Waals surface area contributed by atoms with Gasteiger partial charge in [0.05, 0.1) is 0 Å². The maximum Gasteiger partial charge on any atom is 0.294 e. The van der Waals surface area contributed by atoms with Crippen LogP contribution >= 0.6 is 12.2 Å². The summed E-state index contributed by atoms with van der Waals surface area (Å²) in [5.74, 6) is -0.754. The molecule has 2 rings (SSSR count). The fraction of sp³-hybridized carbons (Fsp3) is 0.133. The van der Waals surface area contributed by atoms with E-state index >= 15 is 0 Å². The van der Waals surface area contributed by atoms with E-state index in [1.807, 2.05) is 30.3 Å². The molecule has 1 aromatic heterocycles. The normalized spacial score (nSPS) is 9.75. The van der Waals surface area contributed by atoms with Crippen LogP contribution in [-0.4, -0.2) is 39.0 Å². The molecule has 0 aliphatic heterocycles. The summed E-state index contributed by atoms with van der Waals surface area (Å²) in [7, 11) is 1.49. The number of carbonyl (C=O) groups excluding carboxylic acids is 2. The molecule has 24 heavy (non-hydrogen) atoms. The van der Waals surface area contributed by atoms with Gasteiger partial charge in [-0.15, -0.1) is 0 Å². The number of carbonyl (C=O) groups is 2. The van der Waals surface area contributed by atoms with E-state index < -0.39 is 5.91 Å².